The smallest absolute Gasteiger partial charge is 0.193 e. The van der Waals surface area contributed by atoms with E-state index in [9.17, 15) is 4.39 Å². The van der Waals surface area contributed by atoms with E-state index in [-0.39, 0.29) is 5.82 Å². The van der Waals surface area contributed by atoms with E-state index >= 15 is 0 Å². The fraction of sp³-hybridized carbons (Fsp3) is 0.222. The van der Waals surface area contributed by atoms with Crippen LogP contribution in [0.3, 0.4) is 0 Å². The minimum atomic E-state index is -0.219. The van der Waals surface area contributed by atoms with Crippen LogP contribution in [0.2, 0.25) is 0 Å². The van der Waals surface area contributed by atoms with Crippen molar-refractivity contribution in [1.82, 2.24) is 25.0 Å². The summed E-state index contributed by atoms with van der Waals surface area (Å²) in [6.07, 6.45) is 6.70. The van der Waals surface area contributed by atoms with Crippen molar-refractivity contribution >= 4 is 33.2 Å². The van der Waals surface area contributed by atoms with Crippen molar-refractivity contribution in [3.8, 4) is 0 Å². The molecule has 0 aliphatic rings. The molecule has 0 saturated carbocycles. The number of nitrogens with zero attached hydrogens (tertiary/aromatic N) is 3. The predicted molar refractivity (Wildman–Crippen MR) is 103 cm³/mol. The molecule has 0 aliphatic heterocycles. The Hall–Kier alpha value is -2.87. The molecule has 134 valence electrons. The Balaban J connectivity index is 1.32. The maximum Gasteiger partial charge on any atom is 0.193 e. The number of nitrogens with one attached hydrogen (secondary N) is 3. The van der Waals surface area contributed by atoms with Gasteiger partial charge in [-0.2, -0.15) is 0 Å². The van der Waals surface area contributed by atoms with Gasteiger partial charge in [0.15, 0.2) is 10.9 Å². The zero-order valence-electron chi connectivity index (χ0n) is 14.3. The average molecular weight is 370 g/mol. The lowest BCUT2D eigenvalue weighted by Gasteiger charge is -2.10. The van der Waals surface area contributed by atoms with Gasteiger partial charge in [0.25, 0.3) is 0 Å². The first-order valence-corrected chi connectivity index (χ1v) is 9.22. The highest BCUT2D eigenvalue weighted by Gasteiger charge is 2.06. The SMILES string of the molecule is CN=C(NCCc1c[nH]c2ccc(F)cc12)NCc1cn2ccsc2n1. The van der Waals surface area contributed by atoms with E-state index in [4.69, 9.17) is 0 Å². The van der Waals surface area contributed by atoms with Crippen LogP contribution in [-0.2, 0) is 13.0 Å². The third-order valence-electron chi connectivity index (χ3n) is 4.22. The van der Waals surface area contributed by atoms with Crippen LogP contribution in [0.5, 0.6) is 0 Å². The molecule has 0 aliphatic carbocycles. The average Bonchev–Trinajstić information content (AvgIpc) is 3.32. The Morgan fingerprint density at radius 3 is 3.15 bits per heavy atom. The molecule has 26 heavy (non-hydrogen) atoms. The molecule has 6 nitrogen and oxygen atoms in total. The number of thiazole rings is 1. The second-order valence-electron chi connectivity index (χ2n) is 5.93. The van der Waals surface area contributed by atoms with Crippen LogP contribution in [0.25, 0.3) is 15.9 Å². The van der Waals surface area contributed by atoms with Crippen LogP contribution in [0.1, 0.15) is 11.3 Å². The molecule has 0 fully saturated rings. The van der Waals surface area contributed by atoms with Gasteiger partial charge in [-0.15, -0.1) is 11.3 Å². The van der Waals surface area contributed by atoms with E-state index in [0.717, 1.165) is 33.5 Å². The molecule has 0 atom stereocenters. The first kappa shape index (κ1) is 16.6. The number of halogens is 1. The van der Waals surface area contributed by atoms with Crippen molar-refractivity contribution in [2.24, 2.45) is 4.99 Å². The third-order valence-corrected chi connectivity index (χ3v) is 4.99. The van der Waals surface area contributed by atoms with E-state index in [2.05, 4.69) is 25.6 Å². The van der Waals surface area contributed by atoms with Gasteiger partial charge in [0.05, 0.1) is 12.2 Å². The van der Waals surface area contributed by atoms with E-state index in [1.807, 2.05) is 28.4 Å². The maximum absolute atomic E-state index is 13.4. The number of fused-ring (bicyclic) bond motifs is 2. The van der Waals surface area contributed by atoms with E-state index < -0.39 is 0 Å². The highest BCUT2D eigenvalue weighted by Crippen LogP contribution is 2.19. The summed E-state index contributed by atoms with van der Waals surface area (Å²) in [5.41, 5.74) is 2.99. The van der Waals surface area contributed by atoms with Crippen LogP contribution >= 0.6 is 11.3 Å². The molecule has 0 amide bonds. The second kappa shape index (κ2) is 7.17. The van der Waals surface area contributed by atoms with Gasteiger partial charge in [-0.1, -0.05) is 0 Å². The molecule has 0 radical (unpaired) electrons. The Morgan fingerprint density at radius 2 is 2.31 bits per heavy atom. The fourth-order valence-corrected chi connectivity index (χ4v) is 3.65. The number of imidazole rings is 1. The van der Waals surface area contributed by atoms with Gasteiger partial charge in [-0.25, -0.2) is 9.37 Å². The monoisotopic (exact) mass is 370 g/mol. The topological polar surface area (TPSA) is 69.5 Å². The number of aliphatic imine (C=N–C) groups is 1. The largest absolute Gasteiger partial charge is 0.361 e. The Morgan fingerprint density at radius 1 is 1.38 bits per heavy atom. The van der Waals surface area contributed by atoms with Gasteiger partial charge >= 0.3 is 0 Å². The van der Waals surface area contributed by atoms with Crippen LogP contribution in [0, 0.1) is 5.82 Å². The summed E-state index contributed by atoms with van der Waals surface area (Å²) in [5.74, 6) is 0.496. The molecule has 3 N–H and O–H groups in total. The first-order valence-electron chi connectivity index (χ1n) is 8.34. The molecule has 0 saturated heterocycles. The summed E-state index contributed by atoms with van der Waals surface area (Å²) in [6, 6.07) is 4.79. The number of hydrogen-bond acceptors (Lipinski definition) is 3. The molecule has 1 aromatic carbocycles. The number of H-pyrrole nitrogens is 1. The molecule has 4 rings (SSSR count). The number of guanidine groups is 1. The second-order valence-corrected chi connectivity index (χ2v) is 6.80. The normalized spacial score (nSPS) is 12.2. The van der Waals surface area contributed by atoms with E-state index in [1.54, 1.807) is 30.5 Å². The highest BCUT2D eigenvalue weighted by atomic mass is 32.1. The van der Waals surface area contributed by atoms with Crippen LogP contribution in [0.15, 0.2) is 47.2 Å². The zero-order valence-corrected chi connectivity index (χ0v) is 15.1. The molecular formula is C18H19FN6S. The predicted octanol–water partition coefficient (Wildman–Crippen LogP) is 2.92. The molecule has 0 spiro atoms. The van der Waals surface area contributed by atoms with Gasteiger partial charge in [-0.05, 0) is 30.2 Å². The number of aromatic amines is 1. The summed E-state index contributed by atoms with van der Waals surface area (Å²) < 4.78 is 15.5. The van der Waals surface area contributed by atoms with Gasteiger partial charge in [0.1, 0.15) is 5.82 Å². The Kier molecular flexibility index (Phi) is 4.57. The summed E-state index contributed by atoms with van der Waals surface area (Å²) >= 11 is 1.61. The molecule has 0 unspecified atom stereocenters. The minimum Gasteiger partial charge on any atom is -0.361 e. The Bertz CT molecular complexity index is 1030. The van der Waals surface area contributed by atoms with Gasteiger partial charge in [0, 0.05) is 48.5 Å². The van der Waals surface area contributed by atoms with E-state index in [0.29, 0.717) is 19.0 Å². The summed E-state index contributed by atoms with van der Waals surface area (Å²) in [5, 5.41) is 9.48. The number of aromatic nitrogens is 3. The highest BCUT2D eigenvalue weighted by molar-refractivity contribution is 7.15. The molecule has 3 heterocycles. The zero-order chi connectivity index (χ0) is 17.9. The minimum absolute atomic E-state index is 0.219. The lowest BCUT2D eigenvalue weighted by molar-refractivity contribution is 0.629. The summed E-state index contributed by atoms with van der Waals surface area (Å²) in [4.78, 5) is 12.9. The molecule has 4 aromatic rings. The quantitative estimate of drug-likeness (QED) is 0.374. The van der Waals surface area contributed by atoms with Crippen LogP contribution < -0.4 is 10.6 Å². The molecule has 0 bridgehead atoms. The number of hydrogen-bond donors (Lipinski definition) is 3. The first-order chi connectivity index (χ1) is 12.7. The molecular weight excluding hydrogens is 351 g/mol. The summed E-state index contributed by atoms with van der Waals surface area (Å²) in [7, 11) is 1.74. The summed E-state index contributed by atoms with van der Waals surface area (Å²) in [6.45, 7) is 1.30. The standard InChI is InChI=1S/C18H19FN6S/c1-20-17(23-10-14-11-25-6-7-26-18(25)24-14)21-5-4-12-9-22-16-3-2-13(19)8-15(12)16/h2-3,6-9,11,22H,4-5,10H2,1H3,(H2,20,21,23). The van der Waals surface area contributed by atoms with Crippen molar-refractivity contribution in [3.63, 3.8) is 0 Å². The van der Waals surface area contributed by atoms with E-state index in [1.165, 1.54) is 6.07 Å². The lowest BCUT2D eigenvalue weighted by Crippen LogP contribution is -2.37. The molecule has 8 heteroatoms. The van der Waals surface area contributed by atoms with Crippen molar-refractivity contribution in [2.45, 2.75) is 13.0 Å². The van der Waals surface area contributed by atoms with Crippen LogP contribution in [-0.4, -0.2) is 33.9 Å². The number of benzene rings is 1. The Labute approximate surface area is 153 Å². The number of rotatable bonds is 5. The van der Waals surface area contributed by atoms with Crippen LogP contribution in [0.4, 0.5) is 4.39 Å². The van der Waals surface area contributed by atoms with Crippen molar-refractivity contribution in [2.75, 3.05) is 13.6 Å². The third kappa shape index (κ3) is 3.41. The maximum atomic E-state index is 13.4. The van der Waals surface area contributed by atoms with Gasteiger partial charge < -0.3 is 15.6 Å². The van der Waals surface area contributed by atoms with Crippen molar-refractivity contribution in [3.05, 3.63) is 59.2 Å². The fourth-order valence-electron chi connectivity index (χ4n) is 2.93. The van der Waals surface area contributed by atoms with Gasteiger partial charge in [-0.3, -0.25) is 9.39 Å². The van der Waals surface area contributed by atoms with Gasteiger partial charge in [0.2, 0.25) is 0 Å². The van der Waals surface area contributed by atoms with Crippen molar-refractivity contribution in [1.29, 1.82) is 0 Å². The van der Waals surface area contributed by atoms with Crippen molar-refractivity contribution < 1.29 is 4.39 Å². The lowest BCUT2D eigenvalue weighted by atomic mass is 10.1. The molecule has 3 aromatic heterocycles.